The molecule has 0 spiro atoms. The van der Waals surface area contributed by atoms with E-state index < -0.39 is 11.8 Å². The minimum atomic E-state index is -0.751. The van der Waals surface area contributed by atoms with Crippen LogP contribution in [0.4, 0.5) is 5.69 Å². The Kier molecular flexibility index (Phi) is 3.91. The average molecular weight is 310 g/mol. The molecule has 0 aromatic heterocycles. The molecule has 0 aliphatic carbocycles. The van der Waals surface area contributed by atoms with Gasteiger partial charge in [-0.2, -0.15) is 5.06 Å². The van der Waals surface area contributed by atoms with E-state index in [9.17, 15) is 19.6 Å². The smallest absolute Gasteiger partial charge is 0.284 e. The van der Waals surface area contributed by atoms with Crippen molar-refractivity contribution in [3.05, 3.63) is 65.2 Å². The number of imide groups is 1. The molecule has 0 fully saturated rings. The van der Waals surface area contributed by atoms with Crippen molar-refractivity contribution in [2.45, 2.75) is 12.8 Å². The molecule has 0 atom stereocenters. The summed E-state index contributed by atoms with van der Waals surface area (Å²) < 4.78 is 0. The molecule has 0 saturated heterocycles. The lowest BCUT2D eigenvalue weighted by Gasteiger charge is -2.21. The molecule has 2 N–H and O–H groups in total. The summed E-state index contributed by atoms with van der Waals surface area (Å²) in [6.07, 6.45) is 0.153. The standard InChI is InChI=1S/C17H14N2O4/c20-15(8-11-4-2-1-3-5-11)18-13-6-7-14-12(9-13)10-16(21)19(23)17(14)22/h1-7,9,23H,8,10H2,(H,18,20). The summed E-state index contributed by atoms with van der Waals surface area (Å²) in [7, 11) is 0. The van der Waals surface area contributed by atoms with Crippen LogP contribution in [0.2, 0.25) is 0 Å². The van der Waals surface area contributed by atoms with Crippen molar-refractivity contribution in [2.24, 2.45) is 0 Å². The quantitative estimate of drug-likeness (QED) is 0.668. The molecule has 1 heterocycles. The highest BCUT2D eigenvalue weighted by Crippen LogP contribution is 2.22. The molecule has 0 radical (unpaired) electrons. The number of benzene rings is 2. The van der Waals surface area contributed by atoms with Crippen LogP contribution in [0.1, 0.15) is 21.5 Å². The number of hydroxylamine groups is 2. The highest BCUT2D eigenvalue weighted by atomic mass is 16.5. The molecule has 23 heavy (non-hydrogen) atoms. The number of carbonyl (C=O) groups excluding carboxylic acids is 3. The Bertz CT molecular complexity index is 786. The zero-order valence-electron chi connectivity index (χ0n) is 12.2. The molecule has 2 aromatic carbocycles. The van der Waals surface area contributed by atoms with E-state index >= 15 is 0 Å². The zero-order valence-corrected chi connectivity index (χ0v) is 12.2. The first-order valence-electron chi connectivity index (χ1n) is 7.07. The third kappa shape index (κ3) is 3.12. The van der Waals surface area contributed by atoms with E-state index in [2.05, 4.69) is 5.32 Å². The summed E-state index contributed by atoms with van der Waals surface area (Å²) in [5, 5.41) is 12.2. The molecule has 0 bridgehead atoms. The van der Waals surface area contributed by atoms with Crippen LogP contribution in [0, 0.1) is 0 Å². The van der Waals surface area contributed by atoms with Crippen LogP contribution >= 0.6 is 0 Å². The van der Waals surface area contributed by atoms with Gasteiger partial charge in [0.15, 0.2) is 0 Å². The maximum atomic E-state index is 12.0. The van der Waals surface area contributed by atoms with Crippen molar-refractivity contribution >= 4 is 23.4 Å². The number of amides is 3. The van der Waals surface area contributed by atoms with E-state index in [0.717, 1.165) is 5.56 Å². The van der Waals surface area contributed by atoms with Crippen LogP contribution in [0.3, 0.4) is 0 Å². The normalized spacial score (nSPS) is 13.7. The lowest BCUT2D eigenvalue weighted by atomic mass is 9.99. The van der Waals surface area contributed by atoms with Gasteiger partial charge in [-0.1, -0.05) is 30.3 Å². The van der Waals surface area contributed by atoms with Crippen molar-refractivity contribution in [3.8, 4) is 0 Å². The fourth-order valence-corrected chi connectivity index (χ4v) is 2.48. The first kappa shape index (κ1) is 14.9. The van der Waals surface area contributed by atoms with Gasteiger partial charge < -0.3 is 5.32 Å². The highest BCUT2D eigenvalue weighted by molar-refractivity contribution is 6.09. The topological polar surface area (TPSA) is 86.7 Å². The van der Waals surface area contributed by atoms with E-state index in [-0.39, 0.29) is 29.4 Å². The predicted octanol–water partition coefficient (Wildman–Crippen LogP) is 1.78. The van der Waals surface area contributed by atoms with E-state index in [1.54, 1.807) is 12.1 Å². The second kappa shape index (κ2) is 6.02. The van der Waals surface area contributed by atoms with Gasteiger partial charge in [0.1, 0.15) is 0 Å². The monoisotopic (exact) mass is 310 g/mol. The largest absolute Gasteiger partial charge is 0.326 e. The first-order valence-corrected chi connectivity index (χ1v) is 7.07. The number of anilines is 1. The summed E-state index contributed by atoms with van der Waals surface area (Å²) >= 11 is 0. The number of fused-ring (bicyclic) bond motifs is 1. The molecule has 0 unspecified atom stereocenters. The number of rotatable bonds is 3. The average Bonchev–Trinajstić information content (AvgIpc) is 2.53. The maximum Gasteiger partial charge on any atom is 0.284 e. The molecular formula is C17H14N2O4. The van der Waals surface area contributed by atoms with E-state index in [4.69, 9.17) is 0 Å². The van der Waals surface area contributed by atoms with Gasteiger partial charge in [0, 0.05) is 11.3 Å². The fourth-order valence-electron chi connectivity index (χ4n) is 2.48. The molecule has 0 saturated carbocycles. The Balaban J connectivity index is 1.75. The van der Waals surface area contributed by atoms with Crippen LogP contribution in [-0.4, -0.2) is 28.0 Å². The van der Waals surface area contributed by atoms with Gasteiger partial charge in [0.2, 0.25) is 5.91 Å². The predicted molar refractivity (Wildman–Crippen MR) is 81.9 cm³/mol. The van der Waals surface area contributed by atoms with Gasteiger partial charge in [0.05, 0.1) is 12.8 Å². The van der Waals surface area contributed by atoms with Gasteiger partial charge >= 0.3 is 0 Å². The van der Waals surface area contributed by atoms with E-state index in [1.807, 2.05) is 30.3 Å². The number of carbonyl (C=O) groups is 3. The van der Waals surface area contributed by atoms with Crippen molar-refractivity contribution in [1.29, 1.82) is 0 Å². The third-order valence-electron chi connectivity index (χ3n) is 3.60. The van der Waals surface area contributed by atoms with Crippen molar-refractivity contribution in [3.63, 3.8) is 0 Å². The molecule has 6 heteroatoms. The van der Waals surface area contributed by atoms with Crippen molar-refractivity contribution in [2.75, 3.05) is 5.32 Å². The SMILES string of the molecule is O=C(Cc1ccccc1)Nc1ccc2c(c1)CC(=O)N(O)C2=O. The summed E-state index contributed by atoms with van der Waals surface area (Å²) in [6, 6.07) is 14.0. The Morgan fingerprint density at radius 2 is 1.87 bits per heavy atom. The van der Waals surface area contributed by atoms with Crippen LogP contribution < -0.4 is 5.32 Å². The Hall–Kier alpha value is -2.99. The van der Waals surface area contributed by atoms with Gasteiger partial charge in [0.25, 0.3) is 11.8 Å². The lowest BCUT2D eigenvalue weighted by Crippen LogP contribution is -2.39. The minimum Gasteiger partial charge on any atom is -0.326 e. The zero-order chi connectivity index (χ0) is 16.4. The Morgan fingerprint density at radius 3 is 2.61 bits per heavy atom. The van der Waals surface area contributed by atoms with Crippen LogP contribution in [-0.2, 0) is 22.4 Å². The second-order valence-corrected chi connectivity index (χ2v) is 5.27. The maximum absolute atomic E-state index is 12.0. The summed E-state index contributed by atoms with van der Waals surface area (Å²) in [5.74, 6) is -1.62. The molecule has 1 aliphatic heterocycles. The molecule has 3 rings (SSSR count). The molecule has 2 aromatic rings. The first-order chi connectivity index (χ1) is 11.0. The van der Waals surface area contributed by atoms with E-state index in [1.165, 1.54) is 6.07 Å². The fraction of sp³-hybridized carbons (Fsp3) is 0.118. The minimum absolute atomic E-state index is 0.0834. The molecule has 1 aliphatic rings. The molecular weight excluding hydrogens is 296 g/mol. The Morgan fingerprint density at radius 1 is 1.13 bits per heavy atom. The van der Waals surface area contributed by atoms with Gasteiger partial charge in [-0.25, -0.2) is 0 Å². The van der Waals surface area contributed by atoms with Gasteiger partial charge in [-0.3, -0.25) is 19.6 Å². The number of nitrogens with one attached hydrogen (secondary N) is 1. The molecule has 6 nitrogen and oxygen atoms in total. The lowest BCUT2D eigenvalue weighted by molar-refractivity contribution is -0.153. The van der Waals surface area contributed by atoms with Gasteiger partial charge in [-0.15, -0.1) is 0 Å². The number of hydrogen-bond acceptors (Lipinski definition) is 4. The second-order valence-electron chi connectivity index (χ2n) is 5.27. The van der Waals surface area contributed by atoms with Crippen LogP contribution in [0.25, 0.3) is 0 Å². The molecule has 3 amide bonds. The summed E-state index contributed by atoms with van der Waals surface area (Å²) in [4.78, 5) is 35.3. The third-order valence-corrected chi connectivity index (χ3v) is 3.60. The highest BCUT2D eigenvalue weighted by Gasteiger charge is 2.30. The van der Waals surface area contributed by atoms with E-state index in [0.29, 0.717) is 11.3 Å². The van der Waals surface area contributed by atoms with Crippen LogP contribution in [0.5, 0.6) is 0 Å². The van der Waals surface area contributed by atoms with Crippen molar-refractivity contribution in [1.82, 2.24) is 5.06 Å². The van der Waals surface area contributed by atoms with Crippen molar-refractivity contribution < 1.29 is 19.6 Å². The molecule has 116 valence electrons. The Labute approximate surface area is 132 Å². The summed E-state index contributed by atoms with van der Waals surface area (Å²) in [5.41, 5.74) is 2.15. The summed E-state index contributed by atoms with van der Waals surface area (Å²) in [6.45, 7) is 0. The van der Waals surface area contributed by atoms with Gasteiger partial charge in [-0.05, 0) is 29.3 Å². The number of nitrogens with zero attached hydrogens (tertiary/aromatic N) is 1. The number of hydrogen-bond donors (Lipinski definition) is 2. The van der Waals surface area contributed by atoms with Crippen LogP contribution in [0.15, 0.2) is 48.5 Å².